The number of guanidine groups is 1. The molecule has 2 rings (SSSR count). The zero-order chi connectivity index (χ0) is 16.5. The minimum Gasteiger partial charge on any atom is -0.392 e. The molecule has 0 fully saturated rings. The Bertz CT molecular complexity index is 635. The Kier molecular flexibility index (Phi) is 9.89. The van der Waals surface area contributed by atoms with Crippen LogP contribution in [0, 0.1) is 5.82 Å². The van der Waals surface area contributed by atoms with Crippen LogP contribution in [0.5, 0.6) is 0 Å². The van der Waals surface area contributed by atoms with Crippen molar-refractivity contribution in [1.82, 2.24) is 10.6 Å². The van der Waals surface area contributed by atoms with Crippen LogP contribution in [0.4, 0.5) is 4.39 Å². The molecule has 0 atom stereocenters. The number of aliphatic hydroxyl groups is 1. The van der Waals surface area contributed by atoms with Crippen molar-refractivity contribution < 1.29 is 9.50 Å². The topological polar surface area (TPSA) is 56.7 Å². The van der Waals surface area contributed by atoms with Crippen LogP contribution < -0.4 is 10.6 Å². The molecule has 1 aromatic carbocycles. The first-order valence-corrected chi connectivity index (χ1v) is 8.53. The first-order chi connectivity index (χ1) is 11.2. The molecule has 0 bridgehead atoms. The molecule has 0 radical (unpaired) electrons. The van der Waals surface area contributed by atoms with Gasteiger partial charge in [-0.1, -0.05) is 12.1 Å². The van der Waals surface area contributed by atoms with Crippen LogP contribution in [0.25, 0.3) is 0 Å². The van der Waals surface area contributed by atoms with E-state index in [9.17, 15) is 4.39 Å². The van der Waals surface area contributed by atoms with Crippen LogP contribution in [0.1, 0.15) is 22.9 Å². The van der Waals surface area contributed by atoms with Gasteiger partial charge in [0.15, 0.2) is 5.96 Å². The summed E-state index contributed by atoms with van der Waals surface area (Å²) in [4.78, 5) is 5.83. The molecular weight excluding hydrogens is 440 g/mol. The van der Waals surface area contributed by atoms with Crippen molar-refractivity contribution in [2.75, 3.05) is 13.1 Å². The predicted octanol–water partition coefficient (Wildman–Crippen LogP) is 3.30. The van der Waals surface area contributed by atoms with Gasteiger partial charge in [-0.15, -0.1) is 35.3 Å². The Balaban J connectivity index is 0.00000288. The number of hydrogen-bond acceptors (Lipinski definition) is 3. The Morgan fingerprint density at radius 2 is 2.12 bits per heavy atom. The highest BCUT2D eigenvalue weighted by atomic mass is 127. The maximum atomic E-state index is 13.4. The second kappa shape index (κ2) is 11.4. The van der Waals surface area contributed by atoms with Crippen molar-refractivity contribution in [1.29, 1.82) is 0 Å². The van der Waals surface area contributed by atoms with Gasteiger partial charge in [0, 0.05) is 23.5 Å². The summed E-state index contributed by atoms with van der Waals surface area (Å²) < 4.78 is 13.4. The summed E-state index contributed by atoms with van der Waals surface area (Å²) in [5.41, 5.74) is 1.17. The molecule has 1 heterocycles. The monoisotopic (exact) mass is 463 g/mol. The van der Waals surface area contributed by atoms with Gasteiger partial charge in [-0.25, -0.2) is 9.38 Å². The molecule has 0 saturated heterocycles. The third-order valence-electron chi connectivity index (χ3n) is 3.29. The zero-order valence-corrected chi connectivity index (χ0v) is 16.7. The van der Waals surface area contributed by atoms with Crippen LogP contribution in [-0.4, -0.2) is 24.2 Å². The lowest BCUT2D eigenvalue weighted by atomic mass is 10.1. The van der Waals surface area contributed by atoms with Gasteiger partial charge in [-0.05, 0) is 42.5 Å². The third-order valence-corrected chi connectivity index (χ3v) is 4.22. The van der Waals surface area contributed by atoms with E-state index in [-0.39, 0.29) is 36.4 Å². The number of nitrogens with one attached hydrogen (secondary N) is 2. The largest absolute Gasteiger partial charge is 0.392 e. The SMILES string of the molecule is CCNC(=NCc1ccc(F)c(CO)c1)NCCc1cccs1.I. The lowest BCUT2D eigenvalue weighted by Crippen LogP contribution is -2.38. The van der Waals surface area contributed by atoms with Gasteiger partial charge in [0.2, 0.25) is 0 Å². The summed E-state index contributed by atoms with van der Waals surface area (Å²) in [5.74, 6) is 0.347. The minimum absolute atomic E-state index is 0. The molecule has 1 aromatic heterocycles. The van der Waals surface area contributed by atoms with Crippen molar-refractivity contribution in [2.24, 2.45) is 4.99 Å². The average molecular weight is 463 g/mol. The highest BCUT2D eigenvalue weighted by Gasteiger charge is 2.03. The van der Waals surface area contributed by atoms with Crippen molar-refractivity contribution >= 4 is 41.3 Å². The summed E-state index contributed by atoms with van der Waals surface area (Å²) in [6, 6.07) is 8.87. The van der Waals surface area contributed by atoms with Crippen molar-refractivity contribution in [3.05, 3.63) is 57.5 Å². The van der Waals surface area contributed by atoms with Crippen LogP contribution in [0.2, 0.25) is 0 Å². The molecule has 132 valence electrons. The maximum absolute atomic E-state index is 13.4. The van der Waals surface area contributed by atoms with Gasteiger partial charge in [0.25, 0.3) is 0 Å². The van der Waals surface area contributed by atoms with E-state index in [1.165, 1.54) is 10.9 Å². The Labute approximate surface area is 163 Å². The fraction of sp³-hybridized carbons (Fsp3) is 0.353. The van der Waals surface area contributed by atoms with Gasteiger partial charge in [-0.2, -0.15) is 0 Å². The minimum atomic E-state index is -0.388. The van der Waals surface area contributed by atoms with E-state index in [1.54, 1.807) is 23.5 Å². The van der Waals surface area contributed by atoms with E-state index in [4.69, 9.17) is 5.11 Å². The normalized spacial score (nSPS) is 11.0. The van der Waals surface area contributed by atoms with Crippen LogP contribution in [0.15, 0.2) is 40.7 Å². The number of aliphatic hydroxyl groups excluding tert-OH is 1. The van der Waals surface area contributed by atoms with Crippen LogP contribution in [-0.2, 0) is 19.6 Å². The summed E-state index contributed by atoms with van der Waals surface area (Å²) in [7, 11) is 0. The van der Waals surface area contributed by atoms with Crippen LogP contribution in [0.3, 0.4) is 0 Å². The highest BCUT2D eigenvalue weighted by molar-refractivity contribution is 14.0. The van der Waals surface area contributed by atoms with E-state index >= 15 is 0 Å². The molecular formula is C17H23FIN3OS. The highest BCUT2D eigenvalue weighted by Crippen LogP contribution is 2.11. The molecule has 7 heteroatoms. The molecule has 24 heavy (non-hydrogen) atoms. The van der Waals surface area contributed by atoms with Crippen LogP contribution >= 0.6 is 35.3 Å². The molecule has 0 aliphatic heterocycles. The fourth-order valence-corrected chi connectivity index (χ4v) is 2.83. The molecule has 0 aliphatic carbocycles. The van der Waals surface area contributed by atoms with Gasteiger partial charge in [-0.3, -0.25) is 0 Å². The third kappa shape index (κ3) is 6.74. The van der Waals surface area contributed by atoms with Gasteiger partial charge in [0.1, 0.15) is 5.82 Å². The number of thiophene rings is 1. The Morgan fingerprint density at radius 3 is 2.79 bits per heavy atom. The molecule has 0 amide bonds. The number of hydrogen-bond donors (Lipinski definition) is 3. The zero-order valence-electron chi connectivity index (χ0n) is 13.6. The second-order valence-corrected chi connectivity index (χ2v) is 6.07. The van der Waals surface area contributed by atoms with E-state index < -0.39 is 0 Å². The molecule has 0 spiro atoms. The van der Waals surface area contributed by atoms with E-state index in [2.05, 4.69) is 27.1 Å². The van der Waals surface area contributed by atoms with E-state index in [1.807, 2.05) is 13.0 Å². The number of rotatable bonds is 7. The summed E-state index contributed by atoms with van der Waals surface area (Å²) in [5, 5.41) is 17.7. The molecule has 3 N–H and O–H groups in total. The molecule has 0 unspecified atom stereocenters. The number of halogens is 2. The van der Waals surface area contributed by atoms with Crippen molar-refractivity contribution in [3.63, 3.8) is 0 Å². The standard InChI is InChI=1S/C17H22FN3OS.HI/c1-2-19-17(20-8-7-15-4-3-9-23-15)21-11-13-5-6-16(18)14(10-13)12-22;/h3-6,9-10,22H,2,7-8,11-12H2,1H3,(H2,19,20,21);1H. The lowest BCUT2D eigenvalue weighted by Gasteiger charge is -2.11. The lowest BCUT2D eigenvalue weighted by molar-refractivity contribution is 0.275. The first kappa shape index (κ1) is 20.9. The molecule has 0 aliphatic rings. The molecule has 4 nitrogen and oxygen atoms in total. The maximum Gasteiger partial charge on any atom is 0.191 e. The van der Waals surface area contributed by atoms with Gasteiger partial charge in [0.05, 0.1) is 13.2 Å². The summed E-state index contributed by atoms with van der Waals surface area (Å²) >= 11 is 1.74. The number of nitrogens with zero attached hydrogens (tertiary/aromatic N) is 1. The smallest absolute Gasteiger partial charge is 0.191 e. The molecule has 0 saturated carbocycles. The summed E-state index contributed by atoms with van der Waals surface area (Å²) in [6.07, 6.45) is 0.952. The number of benzene rings is 1. The number of aliphatic imine (C=N–C) groups is 1. The van der Waals surface area contributed by atoms with Crippen molar-refractivity contribution in [2.45, 2.75) is 26.5 Å². The Morgan fingerprint density at radius 1 is 1.29 bits per heavy atom. The second-order valence-electron chi connectivity index (χ2n) is 5.04. The predicted molar refractivity (Wildman–Crippen MR) is 109 cm³/mol. The van der Waals surface area contributed by atoms with E-state index in [0.29, 0.717) is 12.1 Å². The summed E-state index contributed by atoms with van der Waals surface area (Å²) in [6.45, 7) is 3.72. The van der Waals surface area contributed by atoms with Gasteiger partial charge >= 0.3 is 0 Å². The van der Waals surface area contributed by atoms with Crippen molar-refractivity contribution in [3.8, 4) is 0 Å². The fourth-order valence-electron chi connectivity index (χ4n) is 2.12. The van der Waals surface area contributed by atoms with E-state index in [0.717, 1.165) is 31.0 Å². The average Bonchev–Trinajstić information content (AvgIpc) is 3.07. The quantitative estimate of drug-likeness (QED) is 0.336. The van der Waals surface area contributed by atoms with Gasteiger partial charge < -0.3 is 15.7 Å². The first-order valence-electron chi connectivity index (χ1n) is 7.65. The Hall–Kier alpha value is -1.19. The molecule has 2 aromatic rings.